The molecule has 2 rings (SSSR count). The van der Waals surface area contributed by atoms with E-state index < -0.39 is 36.0 Å². The third kappa shape index (κ3) is 12.6. The van der Waals surface area contributed by atoms with Gasteiger partial charge in [-0.25, -0.2) is 4.79 Å². The molecule has 0 aromatic heterocycles. The van der Waals surface area contributed by atoms with E-state index in [2.05, 4.69) is 12.2 Å². The third-order valence-electron chi connectivity index (χ3n) is 6.32. The topological polar surface area (TPSA) is 117 Å². The molecule has 0 amide bonds. The molecule has 0 aliphatic rings. The zero-order valence-electron chi connectivity index (χ0n) is 24.6. The van der Waals surface area contributed by atoms with Crippen LogP contribution in [0.5, 0.6) is 11.5 Å². The number of rotatable bonds is 18. The third-order valence-corrected chi connectivity index (χ3v) is 6.32. The molecule has 0 saturated heterocycles. The van der Waals surface area contributed by atoms with Crippen molar-refractivity contribution in [3.63, 3.8) is 0 Å². The molecule has 0 radical (unpaired) electrons. The summed E-state index contributed by atoms with van der Waals surface area (Å²) in [5, 5.41) is 3.10. The van der Waals surface area contributed by atoms with Crippen LogP contribution in [0.3, 0.4) is 0 Å². The van der Waals surface area contributed by atoms with Gasteiger partial charge in [0.05, 0.1) is 12.7 Å². The van der Waals surface area contributed by atoms with Crippen molar-refractivity contribution in [1.82, 2.24) is 5.32 Å². The van der Waals surface area contributed by atoms with Gasteiger partial charge in [0, 0.05) is 19.4 Å². The highest BCUT2D eigenvalue weighted by atomic mass is 16.6. The average Bonchev–Trinajstić information content (AvgIpc) is 2.96. The van der Waals surface area contributed by atoms with Crippen molar-refractivity contribution in [1.29, 1.82) is 0 Å². The smallest absolute Gasteiger partial charge is 0.338 e. The molecule has 2 atom stereocenters. The molecule has 0 aliphatic heterocycles. The summed E-state index contributed by atoms with van der Waals surface area (Å²) in [5.74, 6) is -1.50. The van der Waals surface area contributed by atoms with Gasteiger partial charge in [0.2, 0.25) is 0 Å². The molecule has 0 heterocycles. The predicted octanol–water partition coefficient (Wildman–Crippen LogP) is 5.58. The van der Waals surface area contributed by atoms with Crippen molar-refractivity contribution in [3.05, 3.63) is 59.7 Å². The Kier molecular flexibility index (Phi) is 15.2. The quantitative estimate of drug-likeness (QED) is 0.139. The number of ether oxygens (including phenoxy) is 4. The van der Waals surface area contributed by atoms with Crippen molar-refractivity contribution >= 4 is 23.9 Å². The normalized spacial score (nSPS) is 12.2. The van der Waals surface area contributed by atoms with Crippen LogP contribution in [-0.2, 0) is 30.3 Å². The Morgan fingerprint density at radius 1 is 0.805 bits per heavy atom. The molecule has 224 valence electrons. The zero-order chi connectivity index (χ0) is 30.0. The number of hydrogen-bond acceptors (Lipinski definition) is 9. The molecule has 0 bridgehead atoms. The summed E-state index contributed by atoms with van der Waals surface area (Å²) < 4.78 is 21.6. The number of nitrogens with one attached hydrogen (secondary N) is 1. The standard InChI is InChI=1S/C32H43NO8/c1-5-7-10-16-29(34)40-27-19-18-24(21-28(27)41-30(35)17-11-8-6-2)20-26(32(37)38-4)33-22-23(3)39-31(36)25-14-12-9-13-15-25/h9,12-15,18-19,21,23,26,33H,5-8,10-11,16-17,20,22H2,1-4H3/t23?,26-/m0/s1. The highest BCUT2D eigenvalue weighted by molar-refractivity contribution is 5.89. The fourth-order valence-corrected chi connectivity index (χ4v) is 4.02. The molecule has 1 unspecified atom stereocenters. The number of benzene rings is 2. The first kappa shape index (κ1) is 33.5. The van der Waals surface area contributed by atoms with Crippen molar-refractivity contribution in [2.45, 2.75) is 90.7 Å². The number of methoxy groups -OCH3 is 1. The van der Waals surface area contributed by atoms with Crippen LogP contribution in [0.1, 0.15) is 88.1 Å². The van der Waals surface area contributed by atoms with E-state index in [9.17, 15) is 19.2 Å². The van der Waals surface area contributed by atoms with Gasteiger partial charge in [0.25, 0.3) is 0 Å². The summed E-state index contributed by atoms with van der Waals surface area (Å²) in [6, 6.07) is 12.8. The van der Waals surface area contributed by atoms with Crippen molar-refractivity contribution in [2.24, 2.45) is 0 Å². The molecule has 2 aromatic rings. The maximum absolute atomic E-state index is 12.6. The van der Waals surface area contributed by atoms with Gasteiger partial charge in [0.15, 0.2) is 11.5 Å². The van der Waals surface area contributed by atoms with Gasteiger partial charge in [-0.3, -0.25) is 14.4 Å². The molecule has 0 saturated carbocycles. The van der Waals surface area contributed by atoms with Crippen LogP contribution in [0, 0.1) is 0 Å². The molecule has 9 nitrogen and oxygen atoms in total. The summed E-state index contributed by atoms with van der Waals surface area (Å²) in [4.78, 5) is 49.8. The van der Waals surface area contributed by atoms with E-state index in [1.807, 2.05) is 13.0 Å². The number of esters is 4. The fraction of sp³-hybridized carbons (Fsp3) is 0.500. The summed E-state index contributed by atoms with van der Waals surface area (Å²) in [7, 11) is 1.29. The van der Waals surface area contributed by atoms with Crippen molar-refractivity contribution in [2.75, 3.05) is 13.7 Å². The monoisotopic (exact) mass is 569 g/mol. The van der Waals surface area contributed by atoms with Crippen LogP contribution in [0.4, 0.5) is 0 Å². The van der Waals surface area contributed by atoms with E-state index in [1.165, 1.54) is 7.11 Å². The number of unbranched alkanes of at least 4 members (excludes halogenated alkanes) is 4. The predicted molar refractivity (Wildman–Crippen MR) is 155 cm³/mol. The van der Waals surface area contributed by atoms with Crippen molar-refractivity contribution in [3.8, 4) is 11.5 Å². The summed E-state index contributed by atoms with van der Waals surface area (Å²) in [6.07, 6.45) is 5.35. The molecule has 0 fully saturated rings. The molecule has 41 heavy (non-hydrogen) atoms. The second-order valence-corrected chi connectivity index (χ2v) is 9.91. The minimum absolute atomic E-state index is 0.126. The van der Waals surface area contributed by atoms with Crippen molar-refractivity contribution < 1.29 is 38.1 Å². The SMILES string of the molecule is CCCCCC(=O)Oc1ccc(C[C@H](NCC(C)OC(=O)c2ccccc2)C(=O)OC)cc1OC(=O)CCCCC. The maximum atomic E-state index is 12.6. The Balaban J connectivity index is 2.12. The van der Waals surface area contributed by atoms with Crippen LogP contribution in [0.2, 0.25) is 0 Å². The minimum atomic E-state index is -0.770. The Labute approximate surface area is 242 Å². The lowest BCUT2D eigenvalue weighted by Crippen LogP contribution is -2.43. The van der Waals surface area contributed by atoms with Gasteiger partial charge in [-0.15, -0.1) is 0 Å². The van der Waals surface area contributed by atoms with Gasteiger partial charge in [-0.1, -0.05) is 63.8 Å². The first-order valence-corrected chi connectivity index (χ1v) is 14.4. The summed E-state index contributed by atoms with van der Waals surface area (Å²) in [5.41, 5.74) is 1.09. The minimum Gasteiger partial charge on any atom is -0.468 e. The van der Waals surface area contributed by atoms with Crippen LogP contribution >= 0.6 is 0 Å². The lowest BCUT2D eigenvalue weighted by Gasteiger charge is -2.20. The lowest BCUT2D eigenvalue weighted by atomic mass is 10.0. The lowest BCUT2D eigenvalue weighted by molar-refractivity contribution is -0.143. The summed E-state index contributed by atoms with van der Waals surface area (Å²) in [6.45, 7) is 6.02. The average molecular weight is 570 g/mol. The highest BCUT2D eigenvalue weighted by Crippen LogP contribution is 2.30. The molecular weight excluding hydrogens is 526 g/mol. The van der Waals surface area contributed by atoms with Gasteiger partial charge in [0.1, 0.15) is 12.1 Å². The number of carbonyl (C=O) groups excluding carboxylic acids is 4. The first-order valence-electron chi connectivity index (χ1n) is 14.4. The molecule has 1 N–H and O–H groups in total. The van der Waals surface area contributed by atoms with E-state index in [4.69, 9.17) is 18.9 Å². The number of hydrogen-bond donors (Lipinski definition) is 1. The Morgan fingerprint density at radius 2 is 1.41 bits per heavy atom. The molecule has 0 spiro atoms. The Hall–Kier alpha value is -3.72. The Morgan fingerprint density at radius 3 is 2.00 bits per heavy atom. The number of carbonyl (C=O) groups is 4. The fourth-order valence-electron chi connectivity index (χ4n) is 4.02. The second kappa shape index (κ2) is 18.6. The molecule has 9 heteroatoms. The van der Waals surface area contributed by atoms with Gasteiger partial charge < -0.3 is 24.3 Å². The maximum Gasteiger partial charge on any atom is 0.338 e. The largest absolute Gasteiger partial charge is 0.468 e. The molecular formula is C32H43NO8. The summed E-state index contributed by atoms with van der Waals surface area (Å²) >= 11 is 0. The van der Waals surface area contributed by atoms with Crippen LogP contribution in [0.15, 0.2) is 48.5 Å². The Bertz CT molecular complexity index is 1120. The van der Waals surface area contributed by atoms with Crippen LogP contribution in [-0.4, -0.2) is 49.7 Å². The van der Waals surface area contributed by atoms with Gasteiger partial charge >= 0.3 is 23.9 Å². The van der Waals surface area contributed by atoms with E-state index in [-0.39, 0.29) is 37.3 Å². The van der Waals surface area contributed by atoms with Gasteiger partial charge in [-0.2, -0.15) is 0 Å². The van der Waals surface area contributed by atoms with E-state index in [0.717, 1.165) is 25.7 Å². The van der Waals surface area contributed by atoms with E-state index in [1.54, 1.807) is 49.4 Å². The highest BCUT2D eigenvalue weighted by Gasteiger charge is 2.23. The van der Waals surface area contributed by atoms with Gasteiger partial charge in [-0.05, 0) is 56.0 Å². The second-order valence-electron chi connectivity index (χ2n) is 9.91. The zero-order valence-corrected chi connectivity index (χ0v) is 24.6. The van der Waals surface area contributed by atoms with Crippen LogP contribution in [0.25, 0.3) is 0 Å². The molecule has 2 aromatic carbocycles. The van der Waals surface area contributed by atoms with E-state index >= 15 is 0 Å². The van der Waals surface area contributed by atoms with Crippen LogP contribution < -0.4 is 14.8 Å². The molecule has 0 aliphatic carbocycles. The first-order chi connectivity index (χ1) is 19.8. The van der Waals surface area contributed by atoms with E-state index in [0.29, 0.717) is 24.0 Å².